The van der Waals surface area contributed by atoms with Gasteiger partial charge in [-0.15, -0.1) is 0 Å². The summed E-state index contributed by atoms with van der Waals surface area (Å²) in [5, 5.41) is 5.66. The van der Waals surface area contributed by atoms with Crippen LogP contribution in [0.5, 0.6) is 0 Å². The zero-order chi connectivity index (χ0) is 21.6. The second-order valence-corrected chi connectivity index (χ2v) is 8.88. The number of alkyl halides is 7. The minimum Gasteiger partial charge on any atom is -0.327 e. The van der Waals surface area contributed by atoms with Crippen LogP contribution in [0.1, 0.15) is 44.9 Å². The van der Waals surface area contributed by atoms with Crippen LogP contribution in [0.2, 0.25) is 0 Å². The Bertz CT molecular complexity index is 547. The first kappa shape index (κ1) is 23.0. The molecule has 0 aromatic heterocycles. The van der Waals surface area contributed by atoms with E-state index in [1.165, 1.54) is 0 Å². The van der Waals surface area contributed by atoms with Crippen molar-refractivity contribution in [2.75, 3.05) is 0 Å². The number of hydrogen-bond acceptors (Lipinski definition) is 4. The maximum Gasteiger partial charge on any atom is 0.393 e. The molecule has 3 aliphatic rings. The van der Waals surface area contributed by atoms with Crippen LogP contribution in [-0.4, -0.2) is 48.9 Å². The Hall–Kier alpha value is -0.650. The normalized spacial score (nSPS) is 41.1. The van der Waals surface area contributed by atoms with Gasteiger partial charge < -0.3 is 11.5 Å². The third kappa shape index (κ3) is 5.34. The monoisotopic (exact) mass is 434 g/mol. The smallest absolute Gasteiger partial charge is 0.327 e. The van der Waals surface area contributed by atoms with Gasteiger partial charge in [-0.2, -0.15) is 26.3 Å². The molecule has 170 valence electrons. The summed E-state index contributed by atoms with van der Waals surface area (Å²) in [4.78, 5) is 0. The number of fused-ring (bicyclic) bond motifs is 1. The second kappa shape index (κ2) is 8.47. The summed E-state index contributed by atoms with van der Waals surface area (Å²) in [5.41, 5.74) is 12.4. The summed E-state index contributed by atoms with van der Waals surface area (Å²) >= 11 is 0. The maximum absolute atomic E-state index is 13.4. The maximum atomic E-state index is 13.4. The lowest BCUT2D eigenvalue weighted by Crippen LogP contribution is -2.54. The number of nitrogens with two attached hydrogens (primary N) is 2. The predicted molar refractivity (Wildman–Crippen MR) is 93.4 cm³/mol. The van der Waals surface area contributed by atoms with Crippen LogP contribution in [0, 0.1) is 17.8 Å². The van der Waals surface area contributed by atoms with Crippen molar-refractivity contribution in [3.05, 3.63) is 0 Å². The Morgan fingerprint density at radius 1 is 0.828 bits per heavy atom. The first-order valence-corrected chi connectivity index (χ1v) is 10.2. The topological polar surface area (TPSA) is 76.1 Å². The van der Waals surface area contributed by atoms with Crippen LogP contribution in [0.15, 0.2) is 0 Å². The largest absolute Gasteiger partial charge is 0.393 e. The summed E-state index contributed by atoms with van der Waals surface area (Å²) < 4.78 is 93.0. The Kier molecular flexibility index (Phi) is 6.72. The van der Waals surface area contributed by atoms with Crippen molar-refractivity contribution in [3.63, 3.8) is 0 Å². The van der Waals surface area contributed by atoms with E-state index in [1.54, 1.807) is 0 Å². The highest BCUT2D eigenvalue weighted by Gasteiger charge is 2.58. The minimum atomic E-state index is -4.73. The molecule has 7 atom stereocenters. The fourth-order valence-electron chi connectivity index (χ4n) is 5.17. The van der Waals surface area contributed by atoms with E-state index in [4.69, 9.17) is 11.5 Å². The van der Waals surface area contributed by atoms with Crippen LogP contribution >= 0.6 is 0 Å². The number of nitrogens with one attached hydrogen (secondary N) is 2. The van der Waals surface area contributed by atoms with Gasteiger partial charge >= 0.3 is 12.4 Å². The molecule has 6 N–H and O–H groups in total. The highest BCUT2D eigenvalue weighted by molar-refractivity contribution is 5.06. The van der Waals surface area contributed by atoms with Gasteiger partial charge in [-0.25, -0.2) is 4.39 Å². The predicted octanol–water partition coefficient (Wildman–Crippen LogP) is 2.97. The van der Waals surface area contributed by atoms with Gasteiger partial charge in [0.05, 0.1) is 18.0 Å². The fraction of sp³-hybridized carbons (Fsp3) is 1.00. The van der Waals surface area contributed by atoms with Crippen LogP contribution in [0.3, 0.4) is 0 Å². The molecule has 0 amide bonds. The van der Waals surface area contributed by atoms with E-state index in [0.29, 0.717) is 32.1 Å². The summed E-state index contributed by atoms with van der Waals surface area (Å²) in [6, 6.07) is -3.10. The third-order valence-corrected chi connectivity index (χ3v) is 6.87. The molecule has 7 unspecified atom stereocenters. The number of hydrogen-bond donors (Lipinski definition) is 4. The van der Waals surface area contributed by atoms with Gasteiger partial charge in [0.15, 0.2) is 0 Å². The van der Waals surface area contributed by atoms with Crippen molar-refractivity contribution >= 4 is 0 Å². The van der Waals surface area contributed by atoms with Gasteiger partial charge in [-0.3, -0.25) is 10.6 Å². The average Bonchev–Trinajstić information content (AvgIpc) is 3.03. The number of halogens is 7. The van der Waals surface area contributed by atoms with Crippen molar-refractivity contribution in [3.8, 4) is 0 Å². The fourth-order valence-corrected chi connectivity index (χ4v) is 5.17. The molecular weight excluding hydrogens is 405 g/mol. The molecule has 1 saturated heterocycles. The van der Waals surface area contributed by atoms with Crippen molar-refractivity contribution in [2.24, 2.45) is 29.2 Å². The van der Waals surface area contributed by atoms with E-state index in [9.17, 15) is 30.7 Å². The van der Waals surface area contributed by atoms with E-state index in [1.807, 2.05) is 0 Å². The minimum absolute atomic E-state index is 0.0919. The van der Waals surface area contributed by atoms with Crippen LogP contribution in [-0.2, 0) is 0 Å². The SMILES string of the molecule is NC(CC(N)C1NC2CC(C(F)(F)F)CC(C(F)(F)F)C2N1)C1CCC(F)CC1. The van der Waals surface area contributed by atoms with Crippen molar-refractivity contribution in [1.82, 2.24) is 10.6 Å². The molecule has 0 radical (unpaired) electrons. The first-order valence-electron chi connectivity index (χ1n) is 10.2. The second-order valence-electron chi connectivity index (χ2n) is 8.88. The lowest BCUT2D eigenvalue weighted by atomic mass is 9.75. The highest BCUT2D eigenvalue weighted by atomic mass is 19.4. The molecule has 11 heteroatoms. The summed E-state index contributed by atoms with van der Waals surface area (Å²) in [7, 11) is 0. The van der Waals surface area contributed by atoms with Crippen molar-refractivity contribution in [1.29, 1.82) is 0 Å². The molecule has 3 rings (SSSR count). The average molecular weight is 434 g/mol. The molecule has 0 aromatic carbocycles. The Labute approximate surface area is 165 Å². The van der Waals surface area contributed by atoms with Gasteiger partial charge in [-0.05, 0) is 50.9 Å². The summed E-state index contributed by atoms with van der Waals surface area (Å²) in [6.45, 7) is 0. The van der Waals surface area contributed by atoms with Crippen LogP contribution in [0.4, 0.5) is 30.7 Å². The Balaban J connectivity index is 1.63. The van der Waals surface area contributed by atoms with E-state index in [0.717, 1.165) is 0 Å². The molecule has 1 heterocycles. The van der Waals surface area contributed by atoms with Gasteiger partial charge in [-0.1, -0.05) is 0 Å². The third-order valence-electron chi connectivity index (χ3n) is 6.87. The van der Waals surface area contributed by atoms with E-state index < -0.39 is 67.5 Å². The molecule has 2 aliphatic carbocycles. The van der Waals surface area contributed by atoms with Gasteiger partial charge in [0.25, 0.3) is 0 Å². The molecule has 0 aromatic rings. The molecule has 2 saturated carbocycles. The molecule has 29 heavy (non-hydrogen) atoms. The zero-order valence-electron chi connectivity index (χ0n) is 15.9. The van der Waals surface area contributed by atoms with E-state index in [2.05, 4.69) is 10.6 Å². The van der Waals surface area contributed by atoms with Crippen LogP contribution < -0.4 is 22.1 Å². The molecule has 3 fully saturated rings. The van der Waals surface area contributed by atoms with E-state index >= 15 is 0 Å². The summed E-state index contributed by atoms with van der Waals surface area (Å²) in [5.74, 6) is -4.00. The quantitative estimate of drug-likeness (QED) is 0.514. The zero-order valence-corrected chi connectivity index (χ0v) is 15.9. The van der Waals surface area contributed by atoms with Crippen molar-refractivity contribution < 1.29 is 30.7 Å². The Morgan fingerprint density at radius 2 is 1.45 bits per heavy atom. The van der Waals surface area contributed by atoms with Gasteiger partial charge in [0.2, 0.25) is 0 Å². The van der Waals surface area contributed by atoms with E-state index in [-0.39, 0.29) is 12.0 Å². The van der Waals surface area contributed by atoms with Gasteiger partial charge in [0, 0.05) is 24.2 Å². The lowest BCUT2D eigenvalue weighted by molar-refractivity contribution is -0.228. The molecule has 1 aliphatic heterocycles. The van der Waals surface area contributed by atoms with Crippen molar-refractivity contribution in [2.45, 2.75) is 93.8 Å². The first-order chi connectivity index (χ1) is 13.4. The molecular formula is C18H29F7N4. The molecule has 0 bridgehead atoms. The number of rotatable bonds is 4. The lowest BCUT2D eigenvalue weighted by Gasteiger charge is -2.39. The molecule has 4 nitrogen and oxygen atoms in total. The standard InChI is InChI=1S/C18H29F7N4/c19-10-3-1-8(2-4-10)12(26)7-13(27)16-28-14-6-9(17(20,21)22)5-11(15(14)29-16)18(23,24)25/h8-16,28-29H,1-7,26-27H2. The Morgan fingerprint density at radius 3 is 2.00 bits per heavy atom. The van der Waals surface area contributed by atoms with Gasteiger partial charge in [0.1, 0.15) is 6.17 Å². The summed E-state index contributed by atoms with van der Waals surface area (Å²) in [6.07, 6.45) is -9.93. The highest BCUT2D eigenvalue weighted by Crippen LogP contribution is 2.47. The van der Waals surface area contributed by atoms with Crippen LogP contribution in [0.25, 0.3) is 0 Å². The molecule has 0 spiro atoms.